The zero-order valence-corrected chi connectivity index (χ0v) is 18.9. The number of para-hydroxylation sites is 2. The summed E-state index contributed by atoms with van der Waals surface area (Å²) in [5.41, 5.74) is 5.43. The third-order valence-corrected chi connectivity index (χ3v) is 5.85. The largest absolute Gasteiger partial charge is 0.348 e. The minimum absolute atomic E-state index is 0.00582. The molecule has 3 aromatic heterocycles. The molecule has 6 aromatic rings. The highest BCUT2D eigenvalue weighted by Crippen LogP contribution is 2.31. The van der Waals surface area contributed by atoms with Crippen LogP contribution < -0.4 is 5.32 Å². The predicted octanol–water partition coefficient (Wildman–Crippen LogP) is 4.84. The molecular formula is C26H21N9. The van der Waals surface area contributed by atoms with E-state index in [2.05, 4.69) is 50.0 Å². The van der Waals surface area contributed by atoms with Gasteiger partial charge in [-0.2, -0.15) is 10.2 Å². The Morgan fingerprint density at radius 2 is 1.63 bits per heavy atom. The maximum absolute atomic E-state index is 4.89. The summed E-state index contributed by atoms with van der Waals surface area (Å²) in [6, 6.07) is 28.0. The van der Waals surface area contributed by atoms with Gasteiger partial charge >= 0.3 is 0 Å². The van der Waals surface area contributed by atoms with Crippen LogP contribution in [0.15, 0.2) is 91.3 Å². The number of H-pyrrole nitrogens is 1. The second kappa shape index (κ2) is 8.79. The Hall–Kier alpha value is -4.92. The molecule has 0 fully saturated rings. The molecule has 0 radical (unpaired) electrons. The fourth-order valence-electron chi connectivity index (χ4n) is 4.10. The molecule has 0 aliphatic heterocycles. The van der Waals surface area contributed by atoms with Crippen molar-refractivity contribution in [3.63, 3.8) is 0 Å². The molecule has 0 bridgehead atoms. The molecule has 9 nitrogen and oxygen atoms in total. The van der Waals surface area contributed by atoms with Crippen LogP contribution in [0, 0.1) is 0 Å². The van der Waals surface area contributed by atoms with Gasteiger partial charge in [0.25, 0.3) is 0 Å². The molecule has 3 aromatic carbocycles. The summed E-state index contributed by atoms with van der Waals surface area (Å²) < 4.78 is 1.97. The lowest BCUT2D eigenvalue weighted by molar-refractivity contribution is 0.855. The number of aromatic nitrogens is 8. The number of nitrogens with zero attached hydrogens (tertiary/aromatic N) is 7. The van der Waals surface area contributed by atoms with Crippen LogP contribution in [0.3, 0.4) is 0 Å². The average molecular weight is 460 g/mol. The number of hydrogen-bond donors (Lipinski definition) is 2. The molecule has 0 saturated carbocycles. The number of tetrazole rings is 1. The molecule has 1 unspecified atom stereocenters. The molecule has 2 N–H and O–H groups in total. The van der Waals surface area contributed by atoms with Gasteiger partial charge in [0, 0.05) is 17.2 Å². The van der Waals surface area contributed by atoms with Crippen LogP contribution in [0.25, 0.3) is 39.5 Å². The molecule has 0 amide bonds. The van der Waals surface area contributed by atoms with Gasteiger partial charge in [-0.1, -0.05) is 66.7 Å². The quantitative estimate of drug-likeness (QED) is 0.367. The van der Waals surface area contributed by atoms with Crippen LogP contribution in [0.1, 0.15) is 18.5 Å². The van der Waals surface area contributed by atoms with E-state index in [4.69, 9.17) is 9.97 Å². The van der Waals surface area contributed by atoms with Crippen LogP contribution in [0.5, 0.6) is 0 Å². The zero-order valence-electron chi connectivity index (χ0n) is 18.9. The van der Waals surface area contributed by atoms with Gasteiger partial charge < -0.3 is 5.32 Å². The fourth-order valence-corrected chi connectivity index (χ4v) is 4.10. The molecule has 6 rings (SSSR count). The molecule has 0 aliphatic rings. The minimum atomic E-state index is 0.00582. The Labute approximate surface area is 200 Å². The summed E-state index contributed by atoms with van der Waals surface area (Å²) in [5.74, 6) is 1.71. The van der Waals surface area contributed by atoms with Crippen LogP contribution in [-0.4, -0.2) is 40.1 Å². The number of fused-ring (bicyclic) bond motifs is 1. The van der Waals surface area contributed by atoms with Crippen LogP contribution in [-0.2, 0) is 0 Å². The maximum atomic E-state index is 4.89. The van der Waals surface area contributed by atoms with E-state index in [9.17, 15) is 0 Å². The second-order valence-electron chi connectivity index (χ2n) is 8.10. The van der Waals surface area contributed by atoms with Gasteiger partial charge in [-0.15, -0.1) is 10.2 Å². The van der Waals surface area contributed by atoms with E-state index in [-0.39, 0.29) is 6.04 Å². The number of nitrogens with one attached hydrogen (secondary N) is 2. The first-order chi connectivity index (χ1) is 17.3. The highest BCUT2D eigenvalue weighted by molar-refractivity contribution is 5.81. The van der Waals surface area contributed by atoms with E-state index in [1.165, 1.54) is 0 Å². The second-order valence-corrected chi connectivity index (χ2v) is 8.10. The third-order valence-electron chi connectivity index (χ3n) is 5.85. The Bertz CT molecular complexity index is 1590. The van der Waals surface area contributed by atoms with Crippen molar-refractivity contribution in [2.75, 3.05) is 5.32 Å². The molecule has 0 spiro atoms. The first-order valence-corrected chi connectivity index (χ1v) is 11.2. The summed E-state index contributed by atoms with van der Waals surface area (Å²) in [6.45, 7) is 2.09. The third kappa shape index (κ3) is 3.99. The SMILES string of the molecule is CC(Nc1nc(-c2ccccc2-c2nn[nH]n2)cc(-n2cnc3ccccc32)n1)c1ccccc1. The number of rotatable bonds is 6. The molecular weight excluding hydrogens is 438 g/mol. The van der Waals surface area contributed by atoms with Crippen molar-refractivity contribution in [3.8, 4) is 28.5 Å². The van der Waals surface area contributed by atoms with Crippen molar-refractivity contribution >= 4 is 17.0 Å². The van der Waals surface area contributed by atoms with Crippen molar-refractivity contribution in [1.82, 2.24) is 40.1 Å². The first kappa shape index (κ1) is 20.7. The summed E-state index contributed by atoms with van der Waals surface area (Å²) in [6.07, 6.45) is 1.78. The summed E-state index contributed by atoms with van der Waals surface area (Å²) in [7, 11) is 0. The number of aromatic amines is 1. The first-order valence-electron chi connectivity index (χ1n) is 11.2. The van der Waals surface area contributed by atoms with Gasteiger partial charge in [0.1, 0.15) is 12.1 Å². The normalized spacial score (nSPS) is 12.0. The lowest BCUT2D eigenvalue weighted by atomic mass is 10.0. The van der Waals surface area contributed by atoms with Gasteiger partial charge in [-0.25, -0.2) is 9.97 Å². The molecule has 9 heteroatoms. The van der Waals surface area contributed by atoms with Crippen LogP contribution in [0.4, 0.5) is 5.95 Å². The summed E-state index contributed by atoms with van der Waals surface area (Å²) >= 11 is 0. The van der Waals surface area contributed by atoms with Crippen LogP contribution in [0.2, 0.25) is 0 Å². The standard InChI is InChI=1S/C26H21N9/c1-17(18-9-3-2-4-10-18)28-26-29-22(19-11-5-6-12-20(19)25-31-33-34-32-25)15-24(30-26)35-16-27-21-13-7-8-14-23(21)35/h2-17H,1H3,(H,28,29,30)(H,31,32,33,34). The minimum Gasteiger partial charge on any atom is -0.348 e. The maximum Gasteiger partial charge on any atom is 0.225 e. The summed E-state index contributed by atoms with van der Waals surface area (Å²) in [4.78, 5) is 14.3. The smallest absolute Gasteiger partial charge is 0.225 e. The molecule has 0 aliphatic carbocycles. The Kier molecular flexibility index (Phi) is 5.19. The Morgan fingerprint density at radius 3 is 2.46 bits per heavy atom. The van der Waals surface area contributed by atoms with E-state index >= 15 is 0 Å². The van der Waals surface area contributed by atoms with Gasteiger partial charge in [0.15, 0.2) is 0 Å². The molecule has 0 saturated heterocycles. The van der Waals surface area contributed by atoms with Crippen LogP contribution >= 0.6 is 0 Å². The number of imidazole rings is 1. The number of hydrogen-bond acceptors (Lipinski definition) is 7. The highest BCUT2D eigenvalue weighted by Gasteiger charge is 2.17. The lowest BCUT2D eigenvalue weighted by Crippen LogP contribution is -2.11. The van der Waals surface area contributed by atoms with E-state index in [1.807, 2.05) is 77.4 Å². The van der Waals surface area contributed by atoms with Crippen molar-refractivity contribution < 1.29 is 0 Å². The predicted molar refractivity (Wildman–Crippen MR) is 134 cm³/mol. The monoisotopic (exact) mass is 459 g/mol. The Morgan fingerprint density at radius 1 is 0.857 bits per heavy atom. The van der Waals surface area contributed by atoms with Gasteiger partial charge in [-0.3, -0.25) is 4.57 Å². The van der Waals surface area contributed by atoms with Crippen molar-refractivity contribution in [3.05, 3.63) is 96.8 Å². The van der Waals surface area contributed by atoms with E-state index in [0.29, 0.717) is 17.6 Å². The fraction of sp³-hybridized carbons (Fsp3) is 0.0769. The van der Waals surface area contributed by atoms with E-state index < -0.39 is 0 Å². The van der Waals surface area contributed by atoms with Gasteiger partial charge in [0.2, 0.25) is 11.8 Å². The van der Waals surface area contributed by atoms with Crippen molar-refractivity contribution in [2.24, 2.45) is 0 Å². The van der Waals surface area contributed by atoms with E-state index in [0.717, 1.165) is 33.4 Å². The van der Waals surface area contributed by atoms with Crippen molar-refractivity contribution in [2.45, 2.75) is 13.0 Å². The van der Waals surface area contributed by atoms with Crippen molar-refractivity contribution in [1.29, 1.82) is 0 Å². The van der Waals surface area contributed by atoms with Gasteiger partial charge in [0.05, 0.1) is 22.8 Å². The number of benzene rings is 3. The average Bonchev–Trinajstić information content (AvgIpc) is 3.60. The number of anilines is 1. The van der Waals surface area contributed by atoms with E-state index in [1.54, 1.807) is 6.33 Å². The highest BCUT2D eigenvalue weighted by atomic mass is 15.5. The topological polar surface area (TPSA) is 110 Å². The zero-order chi connectivity index (χ0) is 23.6. The van der Waals surface area contributed by atoms with Gasteiger partial charge in [-0.05, 0) is 29.8 Å². The lowest BCUT2D eigenvalue weighted by Gasteiger charge is -2.17. The Balaban J connectivity index is 1.51. The molecule has 35 heavy (non-hydrogen) atoms. The molecule has 170 valence electrons. The summed E-state index contributed by atoms with van der Waals surface area (Å²) in [5, 5.41) is 18.1. The molecule has 1 atom stereocenters. The molecule has 3 heterocycles.